The van der Waals surface area contributed by atoms with Crippen LogP contribution in [0.3, 0.4) is 0 Å². The van der Waals surface area contributed by atoms with E-state index in [0.29, 0.717) is 12.4 Å². The normalized spacial score (nSPS) is 23.0. The molecule has 0 saturated carbocycles. The van der Waals surface area contributed by atoms with Crippen LogP contribution in [0.4, 0.5) is 11.5 Å². The third-order valence-electron chi connectivity index (χ3n) is 3.42. The molecule has 0 radical (unpaired) electrons. The summed E-state index contributed by atoms with van der Waals surface area (Å²) < 4.78 is 5.68. The molecule has 1 fully saturated rings. The summed E-state index contributed by atoms with van der Waals surface area (Å²) in [7, 11) is 0. The van der Waals surface area contributed by atoms with Gasteiger partial charge in [-0.25, -0.2) is 4.98 Å². The van der Waals surface area contributed by atoms with Gasteiger partial charge < -0.3 is 10.1 Å². The van der Waals surface area contributed by atoms with Gasteiger partial charge in [0.05, 0.1) is 17.1 Å². The van der Waals surface area contributed by atoms with E-state index in [2.05, 4.69) is 29.0 Å². The number of hydrogen-bond donors (Lipinski definition) is 1. The fourth-order valence-corrected chi connectivity index (χ4v) is 2.63. The summed E-state index contributed by atoms with van der Waals surface area (Å²) in [5.41, 5.74) is 0.807. The number of ether oxygens (including phenoxy) is 1. The SMILES string of the molecule is Cc1cnc(NCCN2C[C@@H](C)O[C@@H](C)C2)c([N+](=O)[O-])c1. The Bertz CT molecular complexity index is 499. The molecule has 1 aliphatic heterocycles. The Kier molecular flexibility index (Phi) is 5.08. The second-order valence-corrected chi connectivity index (χ2v) is 5.58. The van der Waals surface area contributed by atoms with E-state index in [0.717, 1.165) is 25.2 Å². The fraction of sp³-hybridized carbons (Fsp3) is 0.643. The average Bonchev–Trinajstić information content (AvgIpc) is 2.39. The van der Waals surface area contributed by atoms with Crippen LogP contribution in [0.2, 0.25) is 0 Å². The second kappa shape index (κ2) is 6.82. The van der Waals surface area contributed by atoms with Gasteiger partial charge in [-0.05, 0) is 26.3 Å². The molecule has 1 N–H and O–H groups in total. The first-order valence-corrected chi connectivity index (χ1v) is 7.18. The van der Waals surface area contributed by atoms with Gasteiger partial charge in [-0.15, -0.1) is 0 Å². The summed E-state index contributed by atoms with van der Waals surface area (Å²) in [5.74, 6) is 0.333. The van der Waals surface area contributed by atoms with Gasteiger partial charge in [0.25, 0.3) is 0 Å². The maximum absolute atomic E-state index is 11.0. The van der Waals surface area contributed by atoms with Crippen LogP contribution in [-0.4, -0.2) is 53.2 Å². The smallest absolute Gasteiger partial charge is 0.311 e. The highest BCUT2D eigenvalue weighted by molar-refractivity contribution is 5.56. The second-order valence-electron chi connectivity index (χ2n) is 5.58. The van der Waals surface area contributed by atoms with Gasteiger partial charge in [0, 0.05) is 38.4 Å². The molecule has 1 aliphatic rings. The highest BCUT2D eigenvalue weighted by Gasteiger charge is 2.22. The van der Waals surface area contributed by atoms with Gasteiger partial charge in [-0.2, -0.15) is 0 Å². The van der Waals surface area contributed by atoms with Crippen LogP contribution in [0.15, 0.2) is 12.3 Å². The Morgan fingerprint density at radius 3 is 2.76 bits per heavy atom. The predicted molar refractivity (Wildman–Crippen MR) is 80.6 cm³/mol. The summed E-state index contributed by atoms with van der Waals surface area (Å²) in [4.78, 5) is 17.0. The van der Waals surface area contributed by atoms with Gasteiger partial charge in [-0.3, -0.25) is 15.0 Å². The van der Waals surface area contributed by atoms with Crippen LogP contribution in [0.5, 0.6) is 0 Å². The zero-order valence-electron chi connectivity index (χ0n) is 12.7. The third-order valence-corrected chi connectivity index (χ3v) is 3.42. The van der Waals surface area contributed by atoms with E-state index in [1.807, 2.05) is 0 Å². The molecule has 1 aromatic rings. The minimum atomic E-state index is -0.402. The molecular weight excluding hydrogens is 272 g/mol. The molecule has 0 aromatic carbocycles. The number of anilines is 1. The van der Waals surface area contributed by atoms with Crippen molar-refractivity contribution in [2.24, 2.45) is 0 Å². The number of nitro groups is 1. The molecule has 7 nitrogen and oxygen atoms in total. The molecule has 0 spiro atoms. The molecule has 1 aromatic heterocycles. The van der Waals surface area contributed by atoms with Crippen LogP contribution < -0.4 is 5.32 Å². The van der Waals surface area contributed by atoms with Crippen LogP contribution in [0.25, 0.3) is 0 Å². The molecule has 2 rings (SSSR count). The maximum atomic E-state index is 11.0. The molecule has 0 aliphatic carbocycles. The molecule has 0 amide bonds. The van der Waals surface area contributed by atoms with Gasteiger partial charge in [0.15, 0.2) is 0 Å². The van der Waals surface area contributed by atoms with E-state index >= 15 is 0 Å². The lowest BCUT2D eigenvalue weighted by atomic mass is 10.2. The maximum Gasteiger partial charge on any atom is 0.311 e. The highest BCUT2D eigenvalue weighted by Crippen LogP contribution is 2.22. The molecule has 7 heteroatoms. The summed E-state index contributed by atoms with van der Waals surface area (Å²) in [6, 6.07) is 1.54. The van der Waals surface area contributed by atoms with Crippen LogP contribution in [0, 0.1) is 17.0 Å². The third kappa shape index (κ3) is 4.37. The Morgan fingerprint density at radius 2 is 2.14 bits per heavy atom. The summed E-state index contributed by atoms with van der Waals surface area (Å²) in [6.07, 6.45) is 2.08. The van der Waals surface area contributed by atoms with Gasteiger partial charge >= 0.3 is 5.69 Å². The van der Waals surface area contributed by atoms with Crippen LogP contribution in [-0.2, 0) is 4.74 Å². The Labute approximate surface area is 124 Å². The van der Waals surface area contributed by atoms with Crippen molar-refractivity contribution in [3.8, 4) is 0 Å². The first kappa shape index (κ1) is 15.7. The number of hydrogen-bond acceptors (Lipinski definition) is 6. The quantitative estimate of drug-likeness (QED) is 0.659. The van der Waals surface area contributed by atoms with Crippen molar-refractivity contribution >= 4 is 11.5 Å². The van der Waals surface area contributed by atoms with E-state index in [1.54, 1.807) is 13.1 Å². The highest BCUT2D eigenvalue weighted by atomic mass is 16.6. The first-order valence-electron chi connectivity index (χ1n) is 7.18. The molecule has 2 atom stereocenters. The number of morpholine rings is 1. The Hall–Kier alpha value is -1.73. The number of nitrogens with one attached hydrogen (secondary N) is 1. The molecule has 0 bridgehead atoms. The monoisotopic (exact) mass is 294 g/mol. The lowest BCUT2D eigenvalue weighted by Crippen LogP contribution is -2.46. The molecular formula is C14H22N4O3. The zero-order chi connectivity index (χ0) is 15.4. The molecule has 0 unspecified atom stereocenters. The standard InChI is InChI=1S/C14H22N4O3/c1-10-6-13(18(19)20)14(16-7-10)15-4-5-17-8-11(2)21-12(3)9-17/h6-7,11-12H,4-5,8-9H2,1-3H3,(H,15,16)/t11-,12+. The Morgan fingerprint density at radius 1 is 1.48 bits per heavy atom. The summed E-state index contributed by atoms with van der Waals surface area (Å²) in [5, 5.41) is 14.1. The van der Waals surface area contributed by atoms with Gasteiger partial charge in [-0.1, -0.05) is 0 Å². The molecule has 116 valence electrons. The summed E-state index contributed by atoms with van der Waals surface area (Å²) >= 11 is 0. The number of pyridine rings is 1. The van der Waals surface area contributed by atoms with Crippen molar-refractivity contribution < 1.29 is 9.66 Å². The van der Waals surface area contributed by atoms with E-state index in [1.165, 1.54) is 6.07 Å². The van der Waals surface area contributed by atoms with E-state index in [9.17, 15) is 10.1 Å². The molecule has 21 heavy (non-hydrogen) atoms. The fourth-order valence-electron chi connectivity index (χ4n) is 2.63. The minimum absolute atomic E-state index is 0.0266. The largest absolute Gasteiger partial charge is 0.373 e. The molecule has 1 saturated heterocycles. The lowest BCUT2D eigenvalue weighted by Gasteiger charge is -2.35. The Balaban J connectivity index is 1.90. The topological polar surface area (TPSA) is 80.5 Å². The number of rotatable bonds is 5. The van der Waals surface area contributed by atoms with Gasteiger partial charge in [0.1, 0.15) is 0 Å². The number of aromatic nitrogens is 1. The van der Waals surface area contributed by atoms with Crippen molar-refractivity contribution in [2.75, 3.05) is 31.5 Å². The number of nitrogens with zero attached hydrogens (tertiary/aromatic N) is 3. The van der Waals surface area contributed by atoms with Crippen molar-refractivity contribution in [3.63, 3.8) is 0 Å². The van der Waals surface area contributed by atoms with E-state index in [-0.39, 0.29) is 17.9 Å². The average molecular weight is 294 g/mol. The van der Waals surface area contributed by atoms with Crippen molar-refractivity contribution in [1.82, 2.24) is 9.88 Å². The lowest BCUT2D eigenvalue weighted by molar-refractivity contribution is -0.384. The van der Waals surface area contributed by atoms with Crippen LogP contribution >= 0.6 is 0 Å². The van der Waals surface area contributed by atoms with Crippen LogP contribution in [0.1, 0.15) is 19.4 Å². The first-order chi connectivity index (χ1) is 9.95. The van der Waals surface area contributed by atoms with Crippen molar-refractivity contribution in [1.29, 1.82) is 0 Å². The number of aryl methyl sites for hydroxylation is 1. The molecule has 2 heterocycles. The van der Waals surface area contributed by atoms with E-state index in [4.69, 9.17) is 4.74 Å². The van der Waals surface area contributed by atoms with E-state index < -0.39 is 4.92 Å². The minimum Gasteiger partial charge on any atom is -0.373 e. The summed E-state index contributed by atoms with van der Waals surface area (Å²) in [6.45, 7) is 9.11. The van der Waals surface area contributed by atoms with Gasteiger partial charge in [0.2, 0.25) is 5.82 Å². The predicted octanol–water partition coefficient (Wildman–Crippen LogP) is 1.82. The zero-order valence-corrected chi connectivity index (χ0v) is 12.7. The van der Waals surface area contributed by atoms with Crippen molar-refractivity contribution in [2.45, 2.75) is 33.0 Å². The van der Waals surface area contributed by atoms with Crippen molar-refractivity contribution in [3.05, 3.63) is 27.9 Å².